The number of fused-ring (bicyclic) bond motifs is 2. The highest BCUT2D eigenvalue weighted by Crippen LogP contribution is 2.30. The van der Waals surface area contributed by atoms with E-state index in [0.717, 1.165) is 54.9 Å². The number of carbonyl (C=O) groups excluding carboxylic acids is 2. The lowest BCUT2D eigenvalue weighted by molar-refractivity contribution is -0.132. The van der Waals surface area contributed by atoms with E-state index < -0.39 is 0 Å². The molecule has 0 aliphatic carbocycles. The SMILES string of the molecule is Cc1cnc(NC2CCOCC2)nc1-c1ccc2c(c1)C(=O)N(CC(=O)N1CCc3ccccc3C1)C2. The normalized spacial score (nSPS) is 17.5. The van der Waals surface area contributed by atoms with Gasteiger partial charge in [-0.15, -0.1) is 0 Å². The third kappa shape index (κ3) is 4.81. The van der Waals surface area contributed by atoms with Gasteiger partial charge >= 0.3 is 0 Å². The molecule has 1 fully saturated rings. The number of hydrogen-bond donors (Lipinski definition) is 1. The molecule has 3 aromatic rings. The number of benzene rings is 2. The number of carbonyl (C=O) groups is 2. The summed E-state index contributed by atoms with van der Waals surface area (Å²) in [6.07, 6.45) is 4.53. The Kier molecular flexibility index (Phi) is 6.34. The summed E-state index contributed by atoms with van der Waals surface area (Å²) >= 11 is 0. The minimum Gasteiger partial charge on any atom is -0.381 e. The number of nitrogens with zero attached hydrogens (tertiary/aromatic N) is 4. The highest BCUT2D eigenvalue weighted by Gasteiger charge is 2.31. The molecule has 3 aliphatic heterocycles. The average Bonchev–Trinajstić information content (AvgIpc) is 3.24. The van der Waals surface area contributed by atoms with Crippen molar-refractivity contribution in [3.05, 3.63) is 76.5 Å². The fourth-order valence-electron chi connectivity index (χ4n) is 5.44. The molecule has 1 aromatic heterocycles. The molecule has 0 bridgehead atoms. The monoisotopic (exact) mass is 497 g/mol. The van der Waals surface area contributed by atoms with E-state index in [1.807, 2.05) is 48.4 Å². The molecule has 1 N–H and O–H groups in total. The first-order valence-electron chi connectivity index (χ1n) is 13.0. The minimum absolute atomic E-state index is 0.00800. The quantitative estimate of drug-likeness (QED) is 0.580. The average molecular weight is 498 g/mol. The molecule has 8 nitrogen and oxygen atoms in total. The van der Waals surface area contributed by atoms with Crippen LogP contribution >= 0.6 is 0 Å². The molecule has 0 spiro atoms. The van der Waals surface area contributed by atoms with Gasteiger partial charge in [-0.25, -0.2) is 9.97 Å². The zero-order chi connectivity index (χ0) is 25.4. The molecule has 8 heteroatoms. The maximum atomic E-state index is 13.3. The van der Waals surface area contributed by atoms with Crippen molar-refractivity contribution in [2.45, 2.75) is 45.3 Å². The first kappa shape index (κ1) is 23.6. The number of rotatable bonds is 5. The summed E-state index contributed by atoms with van der Waals surface area (Å²) < 4.78 is 5.44. The van der Waals surface area contributed by atoms with Crippen LogP contribution in [0.25, 0.3) is 11.3 Å². The number of anilines is 1. The van der Waals surface area contributed by atoms with Crippen molar-refractivity contribution in [1.29, 1.82) is 0 Å². The van der Waals surface area contributed by atoms with Crippen molar-refractivity contribution in [3.8, 4) is 11.3 Å². The van der Waals surface area contributed by atoms with Crippen LogP contribution in [0.4, 0.5) is 5.95 Å². The third-order valence-electron chi connectivity index (χ3n) is 7.60. The van der Waals surface area contributed by atoms with Crippen molar-refractivity contribution in [2.75, 3.05) is 31.6 Å². The van der Waals surface area contributed by atoms with Crippen molar-refractivity contribution in [2.24, 2.45) is 0 Å². The highest BCUT2D eigenvalue weighted by molar-refractivity contribution is 6.01. The molecule has 37 heavy (non-hydrogen) atoms. The van der Waals surface area contributed by atoms with E-state index in [-0.39, 0.29) is 18.4 Å². The van der Waals surface area contributed by atoms with Crippen LogP contribution in [0.1, 0.15) is 45.5 Å². The molecule has 0 saturated carbocycles. The molecule has 0 unspecified atom stereocenters. The summed E-state index contributed by atoms with van der Waals surface area (Å²) in [7, 11) is 0. The van der Waals surface area contributed by atoms with Gasteiger partial charge in [0.05, 0.1) is 5.69 Å². The molecule has 2 amide bonds. The van der Waals surface area contributed by atoms with Gasteiger partial charge in [0, 0.05) is 56.2 Å². The lowest BCUT2D eigenvalue weighted by Crippen LogP contribution is -2.42. The molecule has 0 atom stereocenters. The number of ether oxygens (including phenoxy) is 1. The van der Waals surface area contributed by atoms with Crippen LogP contribution in [0, 0.1) is 6.92 Å². The number of hydrogen-bond acceptors (Lipinski definition) is 6. The molecule has 0 radical (unpaired) electrons. The molecule has 190 valence electrons. The lowest BCUT2D eigenvalue weighted by atomic mass is 10.00. The van der Waals surface area contributed by atoms with Crippen LogP contribution in [0.15, 0.2) is 48.7 Å². The van der Waals surface area contributed by atoms with E-state index in [4.69, 9.17) is 9.72 Å². The molecule has 3 aliphatic rings. The minimum atomic E-state index is -0.102. The predicted octanol–water partition coefficient (Wildman–Crippen LogP) is 3.58. The lowest BCUT2D eigenvalue weighted by Gasteiger charge is -2.30. The number of aryl methyl sites for hydroxylation is 1. The Labute approximate surface area is 216 Å². The summed E-state index contributed by atoms with van der Waals surface area (Å²) in [5.41, 5.74) is 6.71. The zero-order valence-electron chi connectivity index (χ0n) is 21.1. The second-order valence-electron chi connectivity index (χ2n) is 10.1. The summed E-state index contributed by atoms with van der Waals surface area (Å²) in [6.45, 7) is 5.29. The van der Waals surface area contributed by atoms with Crippen LogP contribution in [-0.4, -0.2) is 63.9 Å². The molecule has 2 aromatic carbocycles. The van der Waals surface area contributed by atoms with Gasteiger partial charge in [0.25, 0.3) is 5.91 Å². The van der Waals surface area contributed by atoms with Crippen LogP contribution in [-0.2, 0) is 29.0 Å². The summed E-state index contributed by atoms with van der Waals surface area (Å²) in [5.74, 6) is 0.482. The first-order valence-corrected chi connectivity index (χ1v) is 13.0. The molecule has 1 saturated heterocycles. The van der Waals surface area contributed by atoms with E-state index in [9.17, 15) is 9.59 Å². The van der Waals surface area contributed by atoms with Crippen molar-refractivity contribution >= 4 is 17.8 Å². The maximum Gasteiger partial charge on any atom is 0.254 e. The van der Waals surface area contributed by atoms with Gasteiger partial charge in [-0.2, -0.15) is 0 Å². The Balaban J connectivity index is 1.16. The summed E-state index contributed by atoms with van der Waals surface area (Å²) in [5, 5.41) is 3.43. The van der Waals surface area contributed by atoms with E-state index in [1.165, 1.54) is 11.1 Å². The Bertz CT molecular complexity index is 1350. The Morgan fingerprint density at radius 1 is 1.08 bits per heavy atom. The van der Waals surface area contributed by atoms with Crippen molar-refractivity contribution in [1.82, 2.24) is 19.8 Å². The second kappa shape index (κ2) is 9.94. The zero-order valence-corrected chi connectivity index (χ0v) is 21.1. The van der Waals surface area contributed by atoms with Crippen LogP contribution in [0.2, 0.25) is 0 Å². The fraction of sp³-hybridized carbons (Fsp3) is 0.379. The topological polar surface area (TPSA) is 87.7 Å². The summed E-state index contributed by atoms with van der Waals surface area (Å²) in [6, 6.07) is 14.4. The Hall–Kier alpha value is -3.78. The second-order valence-corrected chi connectivity index (χ2v) is 10.1. The van der Waals surface area contributed by atoms with E-state index in [1.54, 1.807) is 4.90 Å². The van der Waals surface area contributed by atoms with Crippen molar-refractivity contribution < 1.29 is 14.3 Å². The van der Waals surface area contributed by atoms with Gasteiger partial charge < -0.3 is 19.9 Å². The van der Waals surface area contributed by atoms with E-state index in [2.05, 4.69) is 22.4 Å². The third-order valence-corrected chi connectivity index (χ3v) is 7.60. The number of aromatic nitrogens is 2. The molecular weight excluding hydrogens is 466 g/mol. The molecule has 6 rings (SSSR count). The Morgan fingerprint density at radius 2 is 1.89 bits per heavy atom. The predicted molar refractivity (Wildman–Crippen MR) is 140 cm³/mol. The van der Waals surface area contributed by atoms with Crippen LogP contribution in [0.3, 0.4) is 0 Å². The Morgan fingerprint density at radius 3 is 2.73 bits per heavy atom. The smallest absolute Gasteiger partial charge is 0.254 e. The van der Waals surface area contributed by atoms with Crippen LogP contribution in [0.5, 0.6) is 0 Å². The van der Waals surface area contributed by atoms with Gasteiger partial charge in [0.2, 0.25) is 11.9 Å². The molecular formula is C29H31N5O3. The van der Waals surface area contributed by atoms with Crippen LogP contribution < -0.4 is 5.32 Å². The highest BCUT2D eigenvalue weighted by atomic mass is 16.5. The maximum absolute atomic E-state index is 13.3. The van der Waals surface area contributed by atoms with E-state index in [0.29, 0.717) is 37.2 Å². The van der Waals surface area contributed by atoms with Gasteiger partial charge in [-0.1, -0.05) is 36.4 Å². The van der Waals surface area contributed by atoms with Gasteiger partial charge in [0.1, 0.15) is 6.54 Å². The molecule has 4 heterocycles. The van der Waals surface area contributed by atoms with Gasteiger partial charge in [-0.3, -0.25) is 9.59 Å². The van der Waals surface area contributed by atoms with E-state index >= 15 is 0 Å². The summed E-state index contributed by atoms with van der Waals surface area (Å²) in [4.78, 5) is 39.2. The van der Waals surface area contributed by atoms with Crippen molar-refractivity contribution in [3.63, 3.8) is 0 Å². The standard InChI is InChI=1S/C29H31N5O3/c1-19-15-30-29(31-24-9-12-37-13-10-24)32-27(19)21-6-7-23-17-34(28(36)25(23)14-21)18-26(35)33-11-8-20-4-2-3-5-22(20)16-33/h2-7,14-15,24H,8-13,16-18H2,1H3,(H,30,31,32). The van der Waals surface area contributed by atoms with Gasteiger partial charge in [-0.05, 0) is 54.5 Å². The number of nitrogens with one attached hydrogen (secondary N) is 1. The first-order chi connectivity index (χ1) is 18.0. The largest absolute Gasteiger partial charge is 0.381 e. The fourth-order valence-corrected chi connectivity index (χ4v) is 5.44. The van der Waals surface area contributed by atoms with Gasteiger partial charge in [0.15, 0.2) is 0 Å². The number of amides is 2.